The molecule has 3 rings (SSSR count). The van der Waals surface area contributed by atoms with Crippen molar-refractivity contribution in [3.05, 3.63) is 42.5 Å². The van der Waals surface area contributed by atoms with Gasteiger partial charge in [0.25, 0.3) is 0 Å². The van der Waals surface area contributed by atoms with Gasteiger partial charge in [0.05, 0.1) is 23.0 Å². The van der Waals surface area contributed by atoms with Gasteiger partial charge in [0.2, 0.25) is 5.13 Å². The molecule has 0 fully saturated rings. The highest BCUT2D eigenvalue weighted by Gasteiger charge is 2.08. The number of nitrogens with zero attached hydrogens (tertiary/aromatic N) is 4. The number of ether oxygens (including phenoxy) is 1. The Morgan fingerprint density at radius 3 is 2.62 bits per heavy atom. The third kappa shape index (κ3) is 3.38. The molecule has 0 bridgehead atoms. The largest absolute Gasteiger partial charge is 0.497 e. The molecule has 0 aliphatic heterocycles. The normalized spacial score (nSPS) is 11.3. The molecule has 0 saturated heterocycles. The number of thiazole rings is 1. The summed E-state index contributed by atoms with van der Waals surface area (Å²) in [5.74, 6) is 0.821. The van der Waals surface area contributed by atoms with Gasteiger partial charge in [-0.15, -0.1) is 10.2 Å². The number of para-hydroxylation sites is 1. The second kappa shape index (κ2) is 7.40. The van der Waals surface area contributed by atoms with Gasteiger partial charge in [-0.3, -0.25) is 0 Å². The average Bonchev–Trinajstić information content (AvgIpc) is 3.03. The van der Waals surface area contributed by atoms with Crippen molar-refractivity contribution in [3.8, 4) is 5.75 Å². The lowest BCUT2D eigenvalue weighted by Gasteiger charge is -2.21. The zero-order valence-corrected chi connectivity index (χ0v) is 14.9. The van der Waals surface area contributed by atoms with Crippen LogP contribution in [-0.2, 0) is 0 Å². The molecule has 124 valence electrons. The van der Waals surface area contributed by atoms with Crippen molar-refractivity contribution in [2.24, 2.45) is 10.2 Å². The Bertz CT molecular complexity index is 855. The molecule has 0 N–H and O–H groups in total. The van der Waals surface area contributed by atoms with Gasteiger partial charge in [-0.25, -0.2) is 4.98 Å². The zero-order valence-electron chi connectivity index (χ0n) is 14.1. The summed E-state index contributed by atoms with van der Waals surface area (Å²) in [5.41, 5.74) is 2.86. The lowest BCUT2D eigenvalue weighted by molar-refractivity contribution is 0.415. The topological polar surface area (TPSA) is 50.1 Å². The van der Waals surface area contributed by atoms with Gasteiger partial charge < -0.3 is 9.64 Å². The molecule has 3 aromatic rings. The van der Waals surface area contributed by atoms with E-state index in [1.165, 1.54) is 11.3 Å². The number of benzene rings is 2. The first kappa shape index (κ1) is 16.4. The summed E-state index contributed by atoms with van der Waals surface area (Å²) in [6, 6.07) is 13.9. The smallest absolute Gasteiger partial charge is 0.231 e. The number of azo groups is 1. The van der Waals surface area contributed by atoms with E-state index in [4.69, 9.17) is 4.74 Å². The van der Waals surface area contributed by atoms with Gasteiger partial charge in [0.1, 0.15) is 11.4 Å². The Morgan fingerprint density at radius 2 is 1.88 bits per heavy atom. The predicted octanol–water partition coefficient (Wildman–Crippen LogP) is 5.57. The molecule has 24 heavy (non-hydrogen) atoms. The molecular formula is C18H20N4OS. The van der Waals surface area contributed by atoms with Crippen LogP contribution in [0.3, 0.4) is 0 Å². The molecule has 0 saturated carbocycles. The molecule has 0 atom stereocenters. The molecule has 1 heterocycles. The SMILES string of the molecule is CCN(CC)c1ccccc1N=Nc1nc2ccc(OC)cc2s1. The summed E-state index contributed by atoms with van der Waals surface area (Å²) in [4.78, 5) is 6.77. The minimum atomic E-state index is 0.646. The van der Waals surface area contributed by atoms with E-state index in [0.717, 1.165) is 40.4 Å². The van der Waals surface area contributed by atoms with Crippen molar-refractivity contribution in [2.45, 2.75) is 13.8 Å². The summed E-state index contributed by atoms with van der Waals surface area (Å²) in [6.07, 6.45) is 0. The minimum Gasteiger partial charge on any atom is -0.497 e. The minimum absolute atomic E-state index is 0.646. The highest BCUT2D eigenvalue weighted by Crippen LogP contribution is 2.34. The van der Waals surface area contributed by atoms with E-state index in [2.05, 4.69) is 40.0 Å². The van der Waals surface area contributed by atoms with Gasteiger partial charge in [-0.05, 0) is 44.2 Å². The monoisotopic (exact) mass is 340 g/mol. The Labute approximate surface area is 145 Å². The zero-order chi connectivity index (χ0) is 16.9. The molecule has 0 aliphatic rings. The van der Waals surface area contributed by atoms with Crippen molar-refractivity contribution in [1.82, 2.24) is 4.98 Å². The lowest BCUT2D eigenvalue weighted by Crippen LogP contribution is -2.21. The van der Waals surface area contributed by atoms with Gasteiger partial charge in [-0.1, -0.05) is 23.5 Å². The fraction of sp³-hybridized carbons (Fsp3) is 0.278. The number of aromatic nitrogens is 1. The second-order valence-corrected chi connectivity index (χ2v) is 6.20. The van der Waals surface area contributed by atoms with Crippen molar-refractivity contribution in [1.29, 1.82) is 0 Å². The Hall–Kier alpha value is -2.47. The number of hydrogen-bond acceptors (Lipinski definition) is 6. The van der Waals surface area contributed by atoms with Crippen LogP contribution in [0.4, 0.5) is 16.5 Å². The van der Waals surface area contributed by atoms with Crippen LogP contribution < -0.4 is 9.64 Å². The van der Waals surface area contributed by atoms with E-state index in [9.17, 15) is 0 Å². The molecular weight excluding hydrogens is 320 g/mol. The van der Waals surface area contributed by atoms with Gasteiger partial charge in [0, 0.05) is 13.1 Å². The maximum atomic E-state index is 5.25. The van der Waals surface area contributed by atoms with E-state index >= 15 is 0 Å². The third-order valence-electron chi connectivity index (χ3n) is 3.81. The third-order valence-corrected chi connectivity index (χ3v) is 4.72. The predicted molar refractivity (Wildman–Crippen MR) is 100 cm³/mol. The summed E-state index contributed by atoms with van der Waals surface area (Å²) in [7, 11) is 1.66. The molecule has 0 amide bonds. The maximum Gasteiger partial charge on any atom is 0.231 e. The quantitative estimate of drug-likeness (QED) is 0.551. The van der Waals surface area contributed by atoms with E-state index < -0.39 is 0 Å². The average molecular weight is 340 g/mol. The standard InChI is InChI=1S/C18H20N4OS/c1-4-22(5-2)16-9-7-6-8-14(16)20-21-18-19-15-11-10-13(23-3)12-17(15)24-18/h6-12H,4-5H2,1-3H3. The van der Waals surface area contributed by atoms with Gasteiger partial charge >= 0.3 is 0 Å². The first-order valence-corrected chi connectivity index (χ1v) is 8.77. The van der Waals surface area contributed by atoms with Crippen molar-refractivity contribution in [2.75, 3.05) is 25.1 Å². The highest BCUT2D eigenvalue weighted by atomic mass is 32.1. The van der Waals surface area contributed by atoms with Crippen LogP contribution in [0.25, 0.3) is 10.2 Å². The van der Waals surface area contributed by atoms with E-state index in [1.54, 1.807) is 7.11 Å². The summed E-state index contributed by atoms with van der Waals surface area (Å²) in [6.45, 7) is 6.14. The molecule has 2 aromatic carbocycles. The second-order valence-electron chi connectivity index (χ2n) is 5.19. The van der Waals surface area contributed by atoms with Crippen LogP contribution in [0, 0.1) is 0 Å². The highest BCUT2D eigenvalue weighted by molar-refractivity contribution is 7.21. The number of anilines is 1. The molecule has 5 nitrogen and oxygen atoms in total. The fourth-order valence-corrected chi connectivity index (χ4v) is 3.36. The van der Waals surface area contributed by atoms with Crippen LogP contribution in [0.5, 0.6) is 5.75 Å². The Balaban J connectivity index is 1.91. The van der Waals surface area contributed by atoms with Crippen LogP contribution in [0.1, 0.15) is 13.8 Å². The van der Waals surface area contributed by atoms with Crippen LogP contribution in [0.15, 0.2) is 52.7 Å². The van der Waals surface area contributed by atoms with Crippen LogP contribution in [-0.4, -0.2) is 25.2 Å². The summed E-state index contributed by atoms with van der Waals surface area (Å²) >= 11 is 1.51. The number of hydrogen-bond donors (Lipinski definition) is 0. The number of rotatable bonds is 6. The van der Waals surface area contributed by atoms with Crippen molar-refractivity contribution < 1.29 is 4.74 Å². The van der Waals surface area contributed by atoms with Crippen molar-refractivity contribution >= 4 is 38.1 Å². The molecule has 0 spiro atoms. The molecule has 0 aliphatic carbocycles. The van der Waals surface area contributed by atoms with E-state index in [-0.39, 0.29) is 0 Å². The summed E-state index contributed by atoms with van der Waals surface area (Å²) in [5, 5.41) is 9.42. The van der Waals surface area contributed by atoms with Crippen LogP contribution >= 0.6 is 11.3 Å². The van der Waals surface area contributed by atoms with Gasteiger partial charge in [0.15, 0.2) is 0 Å². The van der Waals surface area contributed by atoms with Crippen molar-refractivity contribution in [3.63, 3.8) is 0 Å². The lowest BCUT2D eigenvalue weighted by atomic mass is 10.2. The fourth-order valence-electron chi connectivity index (χ4n) is 2.54. The first-order valence-electron chi connectivity index (χ1n) is 7.95. The summed E-state index contributed by atoms with van der Waals surface area (Å²) < 4.78 is 6.29. The number of fused-ring (bicyclic) bond motifs is 1. The molecule has 6 heteroatoms. The maximum absolute atomic E-state index is 5.25. The van der Waals surface area contributed by atoms with Gasteiger partial charge in [-0.2, -0.15) is 0 Å². The van der Waals surface area contributed by atoms with Crippen LogP contribution in [0.2, 0.25) is 0 Å². The Morgan fingerprint density at radius 1 is 1.08 bits per heavy atom. The number of methoxy groups -OCH3 is 1. The molecule has 0 unspecified atom stereocenters. The molecule has 0 radical (unpaired) electrons. The Kier molecular flexibility index (Phi) is 5.05. The van der Waals surface area contributed by atoms with E-state index in [1.807, 2.05) is 36.4 Å². The molecule has 1 aromatic heterocycles. The van der Waals surface area contributed by atoms with E-state index in [0.29, 0.717) is 5.13 Å². The first-order chi connectivity index (χ1) is 11.7.